The molecule has 2 N–H and O–H groups in total. The van der Waals surface area contributed by atoms with Crippen molar-refractivity contribution in [3.8, 4) is 0 Å². The number of carbonyl (C=O) groups excluding carboxylic acids is 2. The molecule has 4 nitrogen and oxygen atoms in total. The molecular formula is C11H18N2O2S. The van der Waals surface area contributed by atoms with Gasteiger partial charge in [0.2, 0.25) is 0 Å². The Balaban J connectivity index is 1.70. The Morgan fingerprint density at radius 3 is 3.00 bits per heavy atom. The van der Waals surface area contributed by atoms with E-state index in [-0.39, 0.29) is 11.8 Å². The molecule has 2 aliphatic heterocycles. The Bertz CT molecular complexity index is 296. The van der Waals surface area contributed by atoms with Gasteiger partial charge in [-0.25, -0.2) is 4.79 Å². The van der Waals surface area contributed by atoms with Crippen LogP contribution in [0, 0.1) is 0 Å². The first-order valence-corrected chi connectivity index (χ1v) is 6.90. The second kappa shape index (κ2) is 5.08. The van der Waals surface area contributed by atoms with E-state index in [1.165, 1.54) is 0 Å². The highest BCUT2D eigenvalue weighted by molar-refractivity contribution is 8.00. The predicted octanol–water partition coefficient (Wildman–Crippen LogP) is 1.30. The predicted molar refractivity (Wildman–Crippen MR) is 64.6 cm³/mol. The van der Waals surface area contributed by atoms with Crippen LogP contribution in [0.2, 0.25) is 0 Å². The molecule has 0 radical (unpaired) electrons. The Hall–Kier alpha value is -0.710. The van der Waals surface area contributed by atoms with E-state index >= 15 is 0 Å². The summed E-state index contributed by atoms with van der Waals surface area (Å²) in [6.07, 6.45) is 3.85. The highest BCUT2D eigenvalue weighted by Crippen LogP contribution is 2.33. The van der Waals surface area contributed by atoms with E-state index in [9.17, 15) is 9.59 Å². The van der Waals surface area contributed by atoms with Crippen LogP contribution >= 0.6 is 11.8 Å². The molecule has 90 valence electrons. The highest BCUT2D eigenvalue weighted by Gasteiger charge is 2.42. The molecule has 0 aliphatic carbocycles. The molecule has 5 heteroatoms. The van der Waals surface area contributed by atoms with E-state index < -0.39 is 0 Å². The number of amides is 2. The third-order valence-electron chi connectivity index (χ3n) is 3.21. The summed E-state index contributed by atoms with van der Waals surface area (Å²) in [6.45, 7) is 1.64. The van der Waals surface area contributed by atoms with Crippen LogP contribution in [0.5, 0.6) is 0 Å². The Kier molecular flexibility index (Phi) is 3.74. The zero-order valence-corrected chi connectivity index (χ0v) is 10.3. The van der Waals surface area contributed by atoms with Crippen molar-refractivity contribution < 1.29 is 9.59 Å². The van der Waals surface area contributed by atoms with Gasteiger partial charge >= 0.3 is 6.03 Å². The van der Waals surface area contributed by atoms with Gasteiger partial charge in [-0.1, -0.05) is 6.42 Å². The van der Waals surface area contributed by atoms with Crippen LogP contribution in [0.3, 0.4) is 0 Å². The molecule has 0 aromatic carbocycles. The molecule has 3 atom stereocenters. The average molecular weight is 242 g/mol. The monoisotopic (exact) mass is 242 g/mol. The van der Waals surface area contributed by atoms with Crippen molar-refractivity contribution in [2.24, 2.45) is 0 Å². The molecule has 2 amide bonds. The minimum absolute atomic E-state index is 0.0240. The van der Waals surface area contributed by atoms with Crippen molar-refractivity contribution in [2.45, 2.75) is 49.9 Å². The van der Waals surface area contributed by atoms with Crippen molar-refractivity contribution in [1.29, 1.82) is 0 Å². The summed E-state index contributed by atoms with van der Waals surface area (Å²) in [7, 11) is 0. The van der Waals surface area contributed by atoms with Crippen molar-refractivity contribution in [1.82, 2.24) is 10.6 Å². The third kappa shape index (κ3) is 2.70. The fraction of sp³-hybridized carbons (Fsp3) is 0.818. The number of hydrogen-bond acceptors (Lipinski definition) is 3. The quantitative estimate of drug-likeness (QED) is 0.564. The van der Waals surface area contributed by atoms with Crippen LogP contribution in [0.1, 0.15) is 32.6 Å². The summed E-state index contributed by atoms with van der Waals surface area (Å²) in [5.74, 6) is 1.29. The second-order valence-electron chi connectivity index (χ2n) is 4.57. The lowest BCUT2D eigenvalue weighted by Crippen LogP contribution is -2.36. The zero-order valence-electron chi connectivity index (χ0n) is 9.49. The fourth-order valence-electron chi connectivity index (χ4n) is 2.36. The Morgan fingerprint density at radius 1 is 1.44 bits per heavy atom. The van der Waals surface area contributed by atoms with E-state index in [0.717, 1.165) is 25.0 Å². The molecule has 2 heterocycles. The van der Waals surface area contributed by atoms with Gasteiger partial charge in [-0.3, -0.25) is 0 Å². The fourth-order valence-corrected chi connectivity index (χ4v) is 3.91. The Labute approximate surface area is 99.9 Å². The van der Waals surface area contributed by atoms with E-state index in [1.807, 2.05) is 11.8 Å². The molecule has 2 aliphatic rings. The smallest absolute Gasteiger partial charge is 0.315 e. The standard InChI is InChI=1S/C11H18N2O2S/c1-7(14)4-2-3-5-9-10-8(6-16-9)12-11(15)13-10/h8-10H,2-6H2,1H3,(H2,12,13,15)/t8?,9-,10?/m1/s1. The highest BCUT2D eigenvalue weighted by atomic mass is 32.2. The van der Waals surface area contributed by atoms with E-state index in [2.05, 4.69) is 10.6 Å². The summed E-state index contributed by atoms with van der Waals surface area (Å²) in [4.78, 5) is 21.9. The van der Waals surface area contributed by atoms with Crippen LogP contribution in [-0.4, -0.2) is 34.9 Å². The minimum Gasteiger partial charge on any atom is -0.332 e. The minimum atomic E-state index is -0.0240. The van der Waals surface area contributed by atoms with Gasteiger partial charge in [0, 0.05) is 17.4 Å². The van der Waals surface area contributed by atoms with Gasteiger partial charge in [0.15, 0.2) is 0 Å². The van der Waals surface area contributed by atoms with Gasteiger partial charge in [-0.15, -0.1) is 0 Å². The number of nitrogens with one attached hydrogen (secondary N) is 2. The lowest BCUT2D eigenvalue weighted by atomic mass is 10.0. The molecule has 2 fully saturated rings. The van der Waals surface area contributed by atoms with Crippen molar-refractivity contribution in [3.63, 3.8) is 0 Å². The lowest BCUT2D eigenvalue weighted by molar-refractivity contribution is -0.117. The van der Waals surface area contributed by atoms with E-state index in [1.54, 1.807) is 6.92 Å². The number of fused-ring (bicyclic) bond motifs is 1. The van der Waals surface area contributed by atoms with Crippen molar-refractivity contribution in [3.05, 3.63) is 0 Å². The maximum absolute atomic E-state index is 11.1. The number of rotatable bonds is 5. The summed E-state index contributed by atoms with van der Waals surface area (Å²) in [6, 6.07) is 0.592. The van der Waals surface area contributed by atoms with Gasteiger partial charge in [-0.2, -0.15) is 11.8 Å². The lowest BCUT2D eigenvalue weighted by Gasteiger charge is -2.16. The van der Waals surface area contributed by atoms with Crippen LogP contribution in [0.15, 0.2) is 0 Å². The third-order valence-corrected chi connectivity index (χ3v) is 4.71. The topological polar surface area (TPSA) is 58.2 Å². The molecule has 16 heavy (non-hydrogen) atoms. The maximum atomic E-state index is 11.1. The number of unbranched alkanes of at least 4 members (excludes halogenated alkanes) is 1. The Morgan fingerprint density at radius 2 is 2.25 bits per heavy atom. The average Bonchev–Trinajstić information content (AvgIpc) is 2.72. The number of carbonyl (C=O) groups is 2. The zero-order chi connectivity index (χ0) is 11.5. The van der Waals surface area contributed by atoms with Gasteiger partial charge < -0.3 is 15.4 Å². The van der Waals surface area contributed by atoms with Gasteiger partial charge in [0.05, 0.1) is 12.1 Å². The normalized spacial score (nSPS) is 32.1. The maximum Gasteiger partial charge on any atom is 0.315 e. The molecule has 0 bridgehead atoms. The number of ketones is 1. The van der Waals surface area contributed by atoms with Gasteiger partial charge in [0.25, 0.3) is 0 Å². The molecular weight excluding hydrogens is 224 g/mol. The first kappa shape index (κ1) is 11.8. The number of Topliss-reactive ketones (excluding diaryl/α,β-unsaturated/α-hetero) is 1. The summed E-state index contributed by atoms with van der Waals surface area (Å²) in [5, 5.41) is 6.43. The van der Waals surface area contributed by atoms with Gasteiger partial charge in [-0.05, 0) is 19.8 Å². The SMILES string of the molecule is CC(=O)CCCC[C@H]1SCC2NC(=O)NC21. The largest absolute Gasteiger partial charge is 0.332 e. The first-order valence-electron chi connectivity index (χ1n) is 5.85. The summed E-state index contributed by atoms with van der Waals surface area (Å²) < 4.78 is 0. The van der Waals surface area contributed by atoms with Crippen molar-refractivity contribution >= 4 is 23.6 Å². The van der Waals surface area contributed by atoms with Crippen LogP contribution in [-0.2, 0) is 4.79 Å². The molecule has 2 saturated heterocycles. The van der Waals surface area contributed by atoms with Crippen LogP contribution < -0.4 is 10.6 Å². The molecule has 2 unspecified atom stereocenters. The summed E-state index contributed by atoms with van der Waals surface area (Å²) >= 11 is 1.93. The van der Waals surface area contributed by atoms with Crippen LogP contribution in [0.4, 0.5) is 4.79 Å². The number of urea groups is 1. The summed E-state index contributed by atoms with van der Waals surface area (Å²) in [5.41, 5.74) is 0. The molecule has 0 aromatic rings. The van der Waals surface area contributed by atoms with Crippen molar-refractivity contribution in [2.75, 3.05) is 5.75 Å². The first-order chi connectivity index (χ1) is 7.66. The number of hydrogen-bond donors (Lipinski definition) is 2. The number of thioether (sulfide) groups is 1. The van der Waals surface area contributed by atoms with Gasteiger partial charge in [0.1, 0.15) is 5.78 Å². The molecule has 0 spiro atoms. The van der Waals surface area contributed by atoms with E-state index in [0.29, 0.717) is 23.8 Å². The molecule has 0 saturated carbocycles. The second-order valence-corrected chi connectivity index (χ2v) is 5.84. The van der Waals surface area contributed by atoms with E-state index in [4.69, 9.17) is 0 Å². The molecule has 2 rings (SSSR count). The van der Waals surface area contributed by atoms with Crippen LogP contribution in [0.25, 0.3) is 0 Å². The molecule has 0 aromatic heterocycles.